The lowest BCUT2D eigenvalue weighted by Crippen LogP contribution is -2.55. The minimum absolute atomic E-state index is 0.0194. The van der Waals surface area contributed by atoms with Gasteiger partial charge in [0.05, 0.1) is 5.56 Å². The molecule has 2 aliphatic rings. The van der Waals surface area contributed by atoms with Crippen molar-refractivity contribution < 1.29 is 9.59 Å². The van der Waals surface area contributed by atoms with Crippen LogP contribution in [0, 0.1) is 12.3 Å². The average Bonchev–Trinajstić information content (AvgIpc) is 3.14. The van der Waals surface area contributed by atoms with Crippen molar-refractivity contribution in [1.82, 2.24) is 15.2 Å². The van der Waals surface area contributed by atoms with Gasteiger partial charge in [0.1, 0.15) is 0 Å². The van der Waals surface area contributed by atoms with E-state index >= 15 is 0 Å². The highest BCUT2D eigenvalue weighted by Crippen LogP contribution is 2.48. The molecule has 2 heterocycles. The number of nitrogens with zero attached hydrogens (tertiary/aromatic N) is 2. The van der Waals surface area contributed by atoms with Crippen molar-refractivity contribution in [2.24, 2.45) is 5.41 Å². The number of fused-ring (bicyclic) bond motifs is 1. The highest BCUT2D eigenvalue weighted by atomic mass is 16.2. The number of rotatable bonds is 5. The Balaban J connectivity index is 1.50. The van der Waals surface area contributed by atoms with Gasteiger partial charge in [0, 0.05) is 43.4 Å². The second-order valence-corrected chi connectivity index (χ2v) is 8.15. The third-order valence-electron chi connectivity index (χ3n) is 6.47. The van der Waals surface area contributed by atoms with E-state index in [9.17, 15) is 9.59 Å². The van der Waals surface area contributed by atoms with Gasteiger partial charge in [-0.2, -0.15) is 0 Å². The molecule has 28 heavy (non-hydrogen) atoms. The molecule has 2 atom stereocenters. The number of likely N-dealkylation sites (tertiary alicyclic amines) is 1. The Hall–Kier alpha value is -2.69. The first-order valence-corrected chi connectivity index (χ1v) is 10.1. The molecular formula is C23H27N3O2. The summed E-state index contributed by atoms with van der Waals surface area (Å²) < 4.78 is 0. The third kappa shape index (κ3) is 3.53. The molecule has 146 valence electrons. The normalized spacial score (nSPS) is 24.1. The molecule has 0 spiro atoms. The molecular weight excluding hydrogens is 350 g/mol. The molecule has 1 aromatic heterocycles. The van der Waals surface area contributed by atoms with Gasteiger partial charge in [-0.25, -0.2) is 0 Å². The van der Waals surface area contributed by atoms with Gasteiger partial charge in [-0.15, -0.1) is 0 Å². The smallest absolute Gasteiger partial charge is 0.253 e. The summed E-state index contributed by atoms with van der Waals surface area (Å²) in [5.74, 6) is 0.165. The maximum atomic E-state index is 12.7. The maximum Gasteiger partial charge on any atom is 0.253 e. The van der Waals surface area contributed by atoms with Gasteiger partial charge in [-0.05, 0) is 43.4 Å². The zero-order valence-corrected chi connectivity index (χ0v) is 16.4. The first kappa shape index (κ1) is 18.7. The van der Waals surface area contributed by atoms with Gasteiger partial charge in [0.15, 0.2) is 0 Å². The lowest BCUT2D eigenvalue weighted by molar-refractivity contribution is -0.142. The molecule has 2 amide bonds. The van der Waals surface area contributed by atoms with Crippen LogP contribution >= 0.6 is 0 Å². The van der Waals surface area contributed by atoms with Crippen LogP contribution in [0.3, 0.4) is 0 Å². The number of aryl methyl sites for hydroxylation is 1. The number of carbonyl (C=O) groups is 2. The van der Waals surface area contributed by atoms with E-state index in [1.54, 1.807) is 12.4 Å². The van der Waals surface area contributed by atoms with Gasteiger partial charge in [-0.1, -0.05) is 36.8 Å². The Kier molecular flexibility index (Phi) is 5.16. The van der Waals surface area contributed by atoms with Crippen molar-refractivity contribution in [2.75, 3.05) is 6.54 Å². The number of pyridine rings is 1. The number of piperidine rings is 1. The van der Waals surface area contributed by atoms with Gasteiger partial charge < -0.3 is 10.2 Å². The van der Waals surface area contributed by atoms with E-state index in [-0.39, 0.29) is 23.3 Å². The van der Waals surface area contributed by atoms with Crippen LogP contribution in [0.2, 0.25) is 0 Å². The highest BCUT2D eigenvalue weighted by Gasteiger charge is 2.50. The van der Waals surface area contributed by atoms with Crippen molar-refractivity contribution in [2.45, 2.75) is 51.6 Å². The Morgan fingerprint density at radius 3 is 2.86 bits per heavy atom. The van der Waals surface area contributed by atoms with Crippen LogP contribution in [-0.4, -0.2) is 34.3 Å². The van der Waals surface area contributed by atoms with Crippen LogP contribution in [0.1, 0.15) is 53.6 Å². The minimum atomic E-state index is -0.0721. The average molecular weight is 377 g/mol. The van der Waals surface area contributed by atoms with E-state index in [0.717, 1.165) is 36.8 Å². The van der Waals surface area contributed by atoms with E-state index in [2.05, 4.69) is 27.3 Å². The van der Waals surface area contributed by atoms with Crippen LogP contribution in [0.4, 0.5) is 0 Å². The molecule has 5 nitrogen and oxygen atoms in total. The molecule has 1 saturated carbocycles. The fraction of sp³-hybridized carbons (Fsp3) is 0.435. The van der Waals surface area contributed by atoms with Crippen molar-refractivity contribution in [3.63, 3.8) is 0 Å². The molecule has 0 unspecified atom stereocenters. The monoisotopic (exact) mass is 377 g/mol. The summed E-state index contributed by atoms with van der Waals surface area (Å²) in [6.07, 6.45) is 7.92. The molecule has 1 aromatic carbocycles. The van der Waals surface area contributed by atoms with E-state index in [1.165, 1.54) is 0 Å². The lowest BCUT2D eigenvalue weighted by atomic mass is 9.74. The number of hydrogen-bond donors (Lipinski definition) is 1. The maximum absolute atomic E-state index is 12.7. The van der Waals surface area contributed by atoms with Crippen molar-refractivity contribution in [1.29, 1.82) is 0 Å². The summed E-state index contributed by atoms with van der Waals surface area (Å²) >= 11 is 0. The predicted octanol–water partition coefficient (Wildman–Crippen LogP) is 3.48. The summed E-state index contributed by atoms with van der Waals surface area (Å²) in [7, 11) is 0. The molecule has 2 fully saturated rings. The SMILES string of the molecule is Cc1ccncc1C(=O)NC[C@@]12CCC[C@H]1N(Cc1ccccc1)C(=O)CC2. The first-order valence-electron chi connectivity index (χ1n) is 10.1. The zero-order valence-electron chi connectivity index (χ0n) is 16.4. The number of carbonyl (C=O) groups excluding carboxylic acids is 2. The fourth-order valence-corrected chi connectivity index (χ4v) is 4.90. The summed E-state index contributed by atoms with van der Waals surface area (Å²) in [6.45, 7) is 3.19. The van der Waals surface area contributed by atoms with Crippen LogP contribution < -0.4 is 5.32 Å². The number of hydrogen-bond acceptors (Lipinski definition) is 3. The molecule has 0 radical (unpaired) electrons. The van der Waals surface area contributed by atoms with Crippen molar-refractivity contribution >= 4 is 11.8 Å². The molecule has 1 aliphatic heterocycles. The number of amides is 2. The largest absolute Gasteiger partial charge is 0.351 e. The summed E-state index contributed by atoms with van der Waals surface area (Å²) in [5, 5.41) is 3.15. The number of benzene rings is 1. The van der Waals surface area contributed by atoms with Gasteiger partial charge in [0.2, 0.25) is 5.91 Å². The zero-order chi connectivity index (χ0) is 19.6. The predicted molar refractivity (Wildman–Crippen MR) is 108 cm³/mol. The van der Waals surface area contributed by atoms with E-state index in [0.29, 0.717) is 25.1 Å². The molecule has 1 aliphatic carbocycles. The second kappa shape index (κ2) is 7.74. The Morgan fingerprint density at radius 1 is 1.25 bits per heavy atom. The Bertz CT molecular complexity index is 867. The summed E-state index contributed by atoms with van der Waals surface area (Å²) in [5.41, 5.74) is 2.70. The lowest BCUT2D eigenvalue weighted by Gasteiger charge is -2.46. The minimum Gasteiger partial charge on any atom is -0.351 e. The third-order valence-corrected chi connectivity index (χ3v) is 6.47. The summed E-state index contributed by atoms with van der Waals surface area (Å²) in [4.78, 5) is 31.6. The fourth-order valence-electron chi connectivity index (χ4n) is 4.90. The first-order chi connectivity index (χ1) is 13.6. The van der Waals surface area contributed by atoms with Crippen LogP contribution in [0.15, 0.2) is 48.8 Å². The topological polar surface area (TPSA) is 62.3 Å². The standard InChI is InChI=1S/C23H27N3O2/c1-17-10-13-24-14-19(17)22(28)25-16-23-11-5-8-20(23)26(21(27)9-12-23)15-18-6-3-2-4-7-18/h2-4,6-7,10,13-14,20H,5,8-9,11-12,15-16H2,1H3,(H,25,28)/t20-,23+/m1/s1. The molecule has 2 aromatic rings. The van der Waals surface area contributed by atoms with Crippen LogP contribution in [0.25, 0.3) is 0 Å². The molecule has 0 bridgehead atoms. The van der Waals surface area contributed by atoms with Gasteiger partial charge in [-0.3, -0.25) is 14.6 Å². The molecule has 5 heteroatoms. The number of nitrogens with one attached hydrogen (secondary N) is 1. The van der Waals surface area contributed by atoms with Gasteiger partial charge in [0.25, 0.3) is 5.91 Å². The highest BCUT2D eigenvalue weighted by molar-refractivity contribution is 5.95. The van der Waals surface area contributed by atoms with E-state index in [4.69, 9.17) is 0 Å². The van der Waals surface area contributed by atoms with E-state index in [1.807, 2.05) is 31.2 Å². The number of aromatic nitrogens is 1. The Morgan fingerprint density at radius 2 is 2.07 bits per heavy atom. The van der Waals surface area contributed by atoms with Crippen LogP contribution in [-0.2, 0) is 11.3 Å². The van der Waals surface area contributed by atoms with Gasteiger partial charge >= 0.3 is 0 Å². The summed E-state index contributed by atoms with van der Waals surface area (Å²) in [6, 6.07) is 12.2. The molecule has 1 saturated heterocycles. The Labute approximate surface area is 166 Å². The quantitative estimate of drug-likeness (QED) is 0.868. The molecule has 1 N–H and O–H groups in total. The van der Waals surface area contributed by atoms with Crippen molar-refractivity contribution in [3.05, 3.63) is 65.5 Å². The van der Waals surface area contributed by atoms with Crippen LogP contribution in [0.5, 0.6) is 0 Å². The van der Waals surface area contributed by atoms with E-state index < -0.39 is 0 Å². The molecule has 4 rings (SSSR count). The second-order valence-electron chi connectivity index (χ2n) is 8.15. The van der Waals surface area contributed by atoms with Crippen molar-refractivity contribution in [3.8, 4) is 0 Å².